The Morgan fingerprint density at radius 2 is 1.84 bits per heavy atom. The number of fused-ring (bicyclic) bond motifs is 2. The molecule has 2 aromatic rings. The quantitative estimate of drug-likeness (QED) is 0.263. The number of methoxy groups -OCH3 is 1. The number of ketones is 1. The number of benzene rings is 1. The molecule has 6 rings (SSSR count). The minimum absolute atomic E-state index is 0.0235. The van der Waals surface area contributed by atoms with Gasteiger partial charge in [-0.25, -0.2) is 4.98 Å². The smallest absolute Gasteiger partial charge is 0.310 e. The van der Waals surface area contributed by atoms with Crippen molar-refractivity contribution in [2.24, 2.45) is 34.5 Å². The maximum Gasteiger partial charge on any atom is 0.310 e. The molecular formula is C37H44ClN3O8. The van der Waals surface area contributed by atoms with Crippen LogP contribution in [0.3, 0.4) is 0 Å². The van der Waals surface area contributed by atoms with Gasteiger partial charge in [-0.05, 0) is 61.0 Å². The lowest BCUT2D eigenvalue weighted by molar-refractivity contribution is -0.157. The van der Waals surface area contributed by atoms with Crippen molar-refractivity contribution in [1.82, 2.24) is 9.88 Å². The molecule has 4 aliphatic rings. The van der Waals surface area contributed by atoms with E-state index in [1.54, 1.807) is 12.1 Å². The number of halogens is 1. The number of carbonyl (C=O) groups is 4. The summed E-state index contributed by atoms with van der Waals surface area (Å²) in [6, 6.07) is 5.94. The van der Waals surface area contributed by atoms with Crippen LogP contribution in [0.1, 0.15) is 84.8 Å². The Hall–Kier alpha value is -3.91. The van der Waals surface area contributed by atoms with E-state index in [0.29, 0.717) is 47.1 Å². The van der Waals surface area contributed by atoms with Crippen molar-refractivity contribution in [3.63, 3.8) is 0 Å². The second-order valence-electron chi connectivity index (χ2n) is 15.5. The third-order valence-electron chi connectivity index (χ3n) is 11.2. The van der Waals surface area contributed by atoms with Crippen molar-refractivity contribution in [3.05, 3.63) is 28.9 Å². The monoisotopic (exact) mass is 693 g/mol. The van der Waals surface area contributed by atoms with Crippen LogP contribution in [-0.4, -0.2) is 70.5 Å². The maximum absolute atomic E-state index is 14.5. The first-order chi connectivity index (χ1) is 23.2. The van der Waals surface area contributed by atoms with Gasteiger partial charge in [0.2, 0.25) is 5.91 Å². The van der Waals surface area contributed by atoms with Crippen molar-refractivity contribution in [1.29, 1.82) is 5.26 Å². The van der Waals surface area contributed by atoms with Crippen molar-refractivity contribution in [2.45, 2.75) is 97.3 Å². The van der Waals surface area contributed by atoms with Gasteiger partial charge in [0.05, 0.1) is 43.0 Å². The Morgan fingerprint density at radius 1 is 1.12 bits per heavy atom. The zero-order valence-corrected chi connectivity index (χ0v) is 29.4. The zero-order chi connectivity index (χ0) is 35.4. The summed E-state index contributed by atoms with van der Waals surface area (Å²) in [7, 11) is 1.47. The van der Waals surface area contributed by atoms with Crippen LogP contribution < -0.4 is 9.47 Å². The van der Waals surface area contributed by atoms with Crippen molar-refractivity contribution in [3.8, 4) is 17.6 Å². The summed E-state index contributed by atoms with van der Waals surface area (Å²) in [5.41, 5.74) is -1.43. The first-order valence-corrected chi connectivity index (χ1v) is 17.6. The Kier molecular flexibility index (Phi) is 9.33. The highest BCUT2D eigenvalue weighted by Crippen LogP contribution is 2.58. The summed E-state index contributed by atoms with van der Waals surface area (Å²) < 4.78 is 17.6. The summed E-state index contributed by atoms with van der Waals surface area (Å²) in [6.45, 7) is 7.58. The number of carboxylic acids is 1. The average molecular weight is 694 g/mol. The number of carboxylic acid groups (broad SMARTS) is 1. The fourth-order valence-corrected chi connectivity index (χ4v) is 8.44. The summed E-state index contributed by atoms with van der Waals surface area (Å²) in [6.07, 6.45) is 2.96. The number of carbonyl (C=O) groups excluding carboxylic acids is 3. The standard InChI is InChI=1S/C37H44ClN3O8/c1-6-21-15-37(21,35(45)46)16-28(42)27-13-24(48-30-12-22(17-39)40-33-25(30)7-8-29(47-5)32(33)38)18-41(27)34(44)26(36(2,3)4)14-31(43)49-23-10-19-9-20(19)11-23/h7-8,12,19-21,23-24,26-27H,6,9-11,13-16,18H2,1-5H3,(H,45,46)/t19-,20+,21-,23?,24-,26-,27+,37-/m1/s1. The van der Waals surface area contributed by atoms with Crippen LogP contribution in [0, 0.1) is 45.8 Å². The van der Waals surface area contributed by atoms with Gasteiger partial charge in [0.1, 0.15) is 40.5 Å². The first-order valence-electron chi connectivity index (χ1n) is 17.2. The highest BCUT2D eigenvalue weighted by atomic mass is 35.5. The lowest BCUT2D eigenvalue weighted by atomic mass is 9.77. The van der Waals surface area contributed by atoms with Crippen molar-refractivity contribution in [2.75, 3.05) is 13.7 Å². The third kappa shape index (κ3) is 6.81. The van der Waals surface area contributed by atoms with E-state index >= 15 is 0 Å². The molecule has 1 aromatic heterocycles. The van der Waals surface area contributed by atoms with Gasteiger partial charge in [0, 0.05) is 24.3 Å². The molecule has 1 N–H and O–H groups in total. The second kappa shape index (κ2) is 13.1. The molecule has 4 fully saturated rings. The fraction of sp³-hybridized carbons (Fsp3) is 0.622. The minimum atomic E-state index is -1.15. The molecule has 2 heterocycles. The van der Waals surface area contributed by atoms with E-state index < -0.39 is 40.8 Å². The van der Waals surface area contributed by atoms with Crippen LogP contribution in [0.15, 0.2) is 18.2 Å². The van der Waals surface area contributed by atoms with Crippen LogP contribution in [0.5, 0.6) is 11.5 Å². The Bertz CT molecular complexity index is 1720. The Balaban J connectivity index is 1.28. The second-order valence-corrected chi connectivity index (χ2v) is 15.8. The van der Waals surface area contributed by atoms with E-state index in [-0.39, 0.29) is 60.2 Å². The van der Waals surface area contributed by atoms with Crippen LogP contribution in [-0.2, 0) is 23.9 Å². The number of esters is 1. The molecule has 3 saturated carbocycles. The van der Waals surface area contributed by atoms with Gasteiger partial charge in [0.15, 0.2) is 5.78 Å². The average Bonchev–Trinajstić information content (AvgIpc) is 3.86. The Morgan fingerprint density at radius 3 is 2.43 bits per heavy atom. The van der Waals surface area contributed by atoms with E-state index in [4.69, 9.17) is 25.8 Å². The maximum atomic E-state index is 14.5. The summed E-state index contributed by atoms with van der Waals surface area (Å²) in [5.74, 6) is -1.10. The molecule has 262 valence electrons. The number of amides is 1. The SMILES string of the molecule is CC[C@@H]1C[C@]1(CC(=O)[C@@H]1C[C@@H](Oc2cc(C#N)nc3c(Cl)c(OC)ccc23)CN1C(=O)[C@@H](CC(=O)OC1C[C@@H]2C[C@@H]2C1)C(C)(C)C)C(=O)O. The van der Waals surface area contributed by atoms with E-state index in [2.05, 4.69) is 4.98 Å². The van der Waals surface area contributed by atoms with E-state index in [9.17, 15) is 29.5 Å². The van der Waals surface area contributed by atoms with Crippen molar-refractivity contribution < 1.29 is 38.5 Å². The molecule has 11 nitrogen and oxygen atoms in total. The van der Waals surface area contributed by atoms with Crippen LogP contribution in [0.25, 0.3) is 10.9 Å². The molecule has 1 aromatic carbocycles. The van der Waals surface area contributed by atoms with Gasteiger partial charge in [-0.15, -0.1) is 0 Å². The molecule has 3 aliphatic carbocycles. The zero-order valence-electron chi connectivity index (χ0n) is 28.7. The number of rotatable bonds is 12. The number of hydrogen-bond acceptors (Lipinski definition) is 9. The molecule has 8 atom stereocenters. The number of ether oxygens (including phenoxy) is 3. The minimum Gasteiger partial charge on any atom is -0.495 e. The molecule has 1 amide bonds. The van der Waals surface area contributed by atoms with Gasteiger partial charge >= 0.3 is 11.9 Å². The highest BCUT2D eigenvalue weighted by molar-refractivity contribution is 6.36. The van der Waals surface area contributed by atoms with E-state index in [1.165, 1.54) is 24.5 Å². The molecule has 49 heavy (non-hydrogen) atoms. The molecule has 12 heteroatoms. The van der Waals surface area contributed by atoms with Gasteiger partial charge in [-0.1, -0.05) is 45.7 Å². The number of nitrogens with zero attached hydrogens (tertiary/aromatic N) is 3. The highest BCUT2D eigenvalue weighted by Gasteiger charge is 2.61. The van der Waals surface area contributed by atoms with E-state index in [0.717, 1.165) is 12.8 Å². The molecule has 0 radical (unpaired) electrons. The lowest BCUT2D eigenvalue weighted by Crippen LogP contribution is -2.48. The number of likely N-dealkylation sites (tertiary alicyclic amines) is 1. The molecule has 1 unspecified atom stereocenters. The molecule has 1 saturated heterocycles. The molecular weight excluding hydrogens is 650 g/mol. The fourth-order valence-electron chi connectivity index (χ4n) is 8.15. The molecule has 0 spiro atoms. The number of aliphatic carboxylic acids is 1. The molecule has 1 aliphatic heterocycles. The Labute approximate surface area is 291 Å². The topological polar surface area (TPSA) is 156 Å². The number of nitriles is 1. The number of pyridine rings is 1. The summed E-state index contributed by atoms with van der Waals surface area (Å²) in [4.78, 5) is 60.0. The van der Waals surface area contributed by atoms with Gasteiger partial charge < -0.3 is 24.2 Å². The summed E-state index contributed by atoms with van der Waals surface area (Å²) in [5, 5.41) is 20.5. The van der Waals surface area contributed by atoms with Gasteiger partial charge in [-0.2, -0.15) is 5.26 Å². The summed E-state index contributed by atoms with van der Waals surface area (Å²) >= 11 is 6.55. The van der Waals surface area contributed by atoms with Crippen molar-refractivity contribution >= 4 is 46.1 Å². The largest absolute Gasteiger partial charge is 0.495 e. The van der Waals surface area contributed by atoms with Gasteiger partial charge in [-0.3, -0.25) is 19.2 Å². The van der Waals surface area contributed by atoms with Crippen LogP contribution in [0.4, 0.5) is 0 Å². The van der Waals surface area contributed by atoms with Crippen LogP contribution >= 0.6 is 11.6 Å². The van der Waals surface area contributed by atoms with Crippen LogP contribution in [0.2, 0.25) is 5.02 Å². The predicted molar refractivity (Wildman–Crippen MR) is 179 cm³/mol. The normalized spacial score (nSPS) is 29.1. The number of hydrogen-bond donors (Lipinski definition) is 1. The van der Waals surface area contributed by atoms with Gasteiger partial charge in [0.25, 0.3) is 0 Å². The number of Topliss-reactive ketones (excluding diaryl/α,β-unsaturated/α-hetero) is 1. The first kappa shape index (κ1) is 34.9. The number of aromatic nitrogens is 1. The van der Waals surface area contributed by atoms with E-state index in [1.807, 2.05) is 33.8 Å². The molecule has 0 bridgehead atoms. The predicted octanol–water partition coefficient (Wildman–Crippen LogP) is 5.97. The third-order valence-corrected chi connectivity index (χ3v) is 11.6. The lowest BCUT2D eigenvalue weighted by Gasteiger charge is -2.35.